The molecule has 1 unspecified atom stereocenters. The van der Waals surface area contributed by atoms with Crippen LogP contribution in [0.5, 0.6) is 5.75 Å². The van der Waals surface area contributed by atoms with E-state index in [1.165, 1.54) is 63.4 Å². The fourth-order valence-corrected chi connectivity index (χ4v) is 4.43. The Hall–Kier alpha value is -0.980. The summed E-state index contributed by atoms with van der Waals surface area (Å²) in [6, 6.07) is 8.63. The molecule has 1 aromatic rings. The van der Waals surface area contributed by atoms with E-state index in [2.05, 4.69) is 45.0 Å². The molecule has 1 aliphatic rings. The molecule has 0 bridgehead atoms. The van der Waals surface area contributed by atoms with Gasteiger partial charge >= 0.3 is 0 Å². The molecular formula is C25H44O. The second-order valence-electron chi connectivity index (χ2n) is 8.31. The Morgan fingerprint density at radius 3 is 2.08 bits per heavy atom. The van der Waals surface area contributed by atoms with E-state index in [0.717, 1.165) is 29.4 Å². The van der Waals surface area contributed by atoms with E-state index < -0.39 is 0 Å². The van der Waals surface area contributed by atoms with Crippen molar-refractivity contribution >= 4 is 0 Å². The van der Waals surface area contributed by atoms with Crippen molar-refractivity contribution in [3.8, 4) is 5.75 Å². The van der Waals surface area contributed by atoms with Crippen molar-refractivity contribution in [2.24, 2.45) is 23.7 Å². The molecule has 0 heterocycles. The number of rotatable bonds is 9. The van der Waals surface area contributed by atoms with E-state index in [4.69, 9.17) is 4.74 Å². The molecule has 0 aliphatic heterocycles. The van der Waals surface area contributed by atoms with Gasteiger partial charge in [0.2, 0.25) is 0 Å². The van der Waals surface area contributed by atoms with Crippen LogP contribution in [0, 0.1) is 23.7 Å². The number of methoxy groups -OCH3 is 1. The van der Waals surface area contributed by atoms with Crippen molar-refractivity contribution < 1.29 is 4.74 Å². The molecule has 0 radical (unpaired) electrons. The average Bonchev–Trinajstić information content (AvgIpc) is 2.69. The average molecular weight is 361 g/mol. The van der Waals surface area contributed by atoms with Crippen molar-refractivity contribution in [3.05, 3.63) is 29.8 Å². The summed E-state index contributed by atoms with van der Waals surface area (Å²) < 4.78 is 5.24. The van der Waals surface area contributed by atoms with Gasteiger partial charge in [-0.3, -0.25) is 0 Å². The predicted molar refractivity (Wildman–Crippen MR) is 116 cm³/mol. The maximum absolute atomic E-state index is 5.24. The lowest BCUT2D eigenvalue weighted by Gasteiger charge is -2.34. The molecule has 26 heavy (non-hydrogen) atoms. The molecule has 1 aliphatic carbocycles. The molecule has 1 heteroatoms. The monoisotopic (exact) mass is 360 g/mol. The van der Waals surface area contributed by atoms with Gasteiger partial charge in [-0.2, -0.15) is 0 Å². The standard InChI is InChI=1S/C23H38O.C2H6/c1-5-21(13-6-18(2)3)22-14-9-19(10-15-22)7-8-20-11-16-23(24-4)17-12-20;1-2/h11-12,16-19,21-22H,5-10,13-15H2,1-4H3;1-2H3. The smallest absolute Gasteiger partial charge is 0.118 e. The highest BCUT2D eigenvalue weighted by atomic mass is 16.5. The minimum atomic E-state index is 0.861. The SMILES string of the molecule is CC.CCC(CCC(C)C)C1CCC(CCc2ccc(OC)cc2)CC1. The fourth-order valence-electron chi connectivity index (χ4n) is 4.43. The maximum Gasteiger partial charge on any atom is 0.118 e. The zero-order chi connectivity index (χ0) is 19.4. The van der Waals surface area contributed by atoms with E-state index in [1.807, 2.05) is 13.8 Å². The number of hydrogen-bond donors (Lipinski definition) is 0. The van der Waals surface area contributed by atoms with Gasteiger partial charge in [-0.1, -0.05) is 72.4 Å². The Kier molecular flexibility index (Phi) is 11.7. The molecule has 150 valence electrons. The second-order valence-corrected chi connectivity index (χ2v) is 8.31. The Morgan fingerprint density at radius 1 is 0.962 bits per heavy atom. The van der Waals surface area contributed by atoms with Gasteiger partial charge in [-0.05, 0) is 73.5 Å². The van der Waals surface area contributed by atoms with Gasteiger partial charge in [0, 0.05) is 0 Å². The van der Waals surface area contributed by atoms with Gasteiger partial charge in [-0.25, -0.2) is 0 Å². The highest BCUT2D eigenvalue weighted by Gasteiger charge is 2.26. The molecule has 0 amide bonds. The van der Waals surface area contributed by atoms with Gasteiger partial charge in [0.05, 0.1) is 7.11 Å². The Morgan fingerprint density at radius 2 is 1.58 bits per heavy atom. The summed E-state index contributed by atoms with van der Waals surface area (Å²) in [5, 5.41) is 0. The van der Waals surface area contributed by atoms with Crippen LogP contribution in [-0.2, 0) is 6.42 Å². The van der Waals surface area contributed by atoms with E-state index in [0.29, 0.717) is 0 Å². The maximum atomic E-state index is 5.24. The van der Waals surface area contributed by atoms with Crippen molar-refractivity contribution in [3.63, 3.8) is 0 Å². The number of ether oxygens (including phenoxy) is 1. The zero-order valence-electron chi connectivity index (χ0n) is 18.4. The Labute approximate surface area is 163 Å². The van der Waals surface area contributed by atoms with Crippen LogP contribution in [0.1, 0.15) is 91.5 Å². The summed E-state index contributed by atoms with van der Waals surface area (Å²) >= 11 is 0. The van der Waals surface area contributed by atoms with E-state index in [-0.39, 0.29) is 0 Å². The Bertz CT molecular complexity index is 440. The largest absolute Gasteiger partial charge is 0.497 e. The summed E-state index contributed by atoms with van der Waals surface area (Å²) in [5.74, 6) is 4.76. The highest BCUT2D eigenvalue weighted by Crippen LogP contribution is 2.38. The molecular weight excluding hydrogens is 316 g/mol. The first-order valence-corrected chi connectivity index (χ1v) is 11.2. The summed E-state index contributed by atoms with van der Waals surface area (Å²) in [7, 11) is 1.73. The van der Waals surface area contributed by atoms with Crippen molar-refractivity contribution in [1.29, 1.82) is 0 Å². The third kappa shape index (κ3) is 8.14. The lowest BCUT2D eigenvalue weighted by Crippen LogP contribution is -2.22. The van der Waals surface area contributed by atoms with Crippen molar-refractivity contribution in [1.82, 2.24) is 0 Å². The number of hydrogen-bond acceptors (Lipinski definition) is 1. The van der Waals surface area contributed by atoms with Crippen LogP contribution < -0.4 is 4.74 Å². The second kappa shape index (κ2) is 13.2. The van der Waals surface area contributed by atoms with Crippen LogP contribution >= 0.6 is 0 Å². The van der Waals surface area contributed by atoms with Crippen molar-refractivity contribution in [2.45, 2.75) is 92.4 Å². The molecule has 1 nitrogen and oxygen atoms in total. The molecule has 1 fully saturated rings. The number of benzene rings is 1. The van der Waals surface area contributed by atoms with Crippen LogP contribution in [0.2, 0.25) is 0 Å². The minimum absolute atomic E-state index is 0.861. The molecule has 0 N–H and O–H groups in total. The summed E-state index contributed by atoms with van der Waals surface area (Å²) in [6.45, 7) is 11.1. The van der Waals surface area contributed by atoms with Gasteiger partial charge in [-0.15, -0.1) is 0 Å². The lowest BCUT2D eigenvalue weighted by molar-refractivity contribution is 0.180. The Balaban J connectivity index is 0.00000163. The molecule has 1 atom stereocenters. The van der Waals surface area contributed by atoms with Crippen LogP contribution in [-0.4, -0.2) is 7.11 Å². The van der Waals surface area contributed by atoms with E-state index >= 15 is 0 Å². The van der Waals surface area contributed by atoms with Crippen LogP contribution in [0.3, 0.4) is 0 Å². The first-order chi connectivity index (χ1) is 12.6. The first kappa shape index (κ1) is 23.1. The molecule has 1 aromatic carbocycles. The van der Waals surface area contributed by atoms with Crippen molar-refractivity contribution in [2.75, 3.05) is 7.11 Å². The first-order valence-electron chi connectivity index (χ1n) is 11.2. The molecule has 1 saturated carbocycles. The third-order valence-electron chi connectivity index (χ3n) is 6.20. The van der Waals surface area contributed by atoms with Crippen LogP contribution in [0.4, 0.5) is 0 Å². The minimum Gasteiger partial charge on any atom is -0.497 e. The fraction of sp³-hybridized carbons (Fsp3) is 0.760. The molecule has 0 spiro atoms. The zero-order valence-corrected chi connectivity index (χ0v) is 18.4. The van der Waals surface area contributed by atoms with E-state index in [9.17, 15) is 0 Å². The van der Waals surface area contributed by atoms with E-state index in [1.54, 1.807) is 7.11 Å². The van der Waals surface area contributed by atoms with Crippen LogP contribution in [0.15, 0.2) is 24.3 Å². The van der Waals surface area contributed by atoms with Gasteiger partial charge in [0.1, 0.15) is 5.75 Å². The van der Waals surface area contributed by atoms with Gasteiger partial charge in [0.15, 0.2) is 0 Å². The summed E-state index contributed by atoms with van der Waals surface area (Å²) in [5.41, 5.74) is 1.46. The topological polar surface area (TPSA) is 9.23 Å². The lowest BCUT2D eigenvalue weighted by atomic mass is 9.72. The molecule has 0 saturated heterocycles. The predicted octanol–water partition coefficient (Wildman–Crippen LogP) is 7.92. The molecule has 0 aromatic heterocycles. The third-order valence-corrected chi connectivity index (χ3v) is 6.20. The summed E-state index contributed by atoms with van der Waals surface area (Å²) in [6.07, 6.45) is 12.7. The quantitative estimate of drug-likeness (QED) is 0.434. The van der Waals surface area contributed by atoms with Gasteiger partial charge < -0.3 is 4.74 Å². The molecule has 2 rings (SSSR count). The summed E-state index contributed by atoms with van der Waals surface area (Å²) in [4.78, 5) is 0. The normalized spacial score (nSPS) is 21.0. The van der Waals surface area contributed by atoms with Gasteiger partial charge in [0.25, 0.3) is 0 Å². The number of aryl methyl sites for hydroxylation is 1. The highest BCUT2D eigenvalue weighted by molar-refractivity contribution is 5.27. The van der Waals surface area contributed by atoms with Crippen LogP contribution in [0.25, 0.3) is 0 Å².